The molecule has 1 aromatic carbocycles. The van der Waals surface area contributed by atoms with Gasteiger partial charge < -0.3 is 10.0 Å². The van der Waals surface area contributed by atoms with Gasteiger partial charge in [-0.2, -0.15) is 0 Å². The molecule has 5 heteroatoms. The zero-order valence-corrected chi connectivity index (χ0v) is 12.0. The summed E-state index contributed by atoms with van der Waals surface area (Å²) in [4.78, 5) is 27.6. The van der Waals surface area contributed by atoms with E-state index in [0.29, 0.717) is 19.5 Å². The fourth-order valence-electron chi connectivity index (χ4n) is 3.29. The van der Waals surface area contributed by atoms with Crippen LogP contribution in [0.4, 0.5) is 10.5 Å². The fourth-order valence-corrected chi connectivity index (χ4v) is 3.29. The van der Waals surface area contributed by atoms with Crippen molar-refractivity contribution in [3.05, 3.63) is 29.8 Å². The number of carbonyl (C=O) groups is 2. The van der Waals surface area contributed by atoms with Crippen LogP contribution in [0.3, 0.4) is 0 Å². The van der Waals surface area contributed by atoms with Crippen LogP contribution in [-0.2, 0) is 11.2 Å². The smallest absolute Gasteiger partial charge is 0.326 e. The van der Waals surface area contributed by atoms with Gasteiger partial charge in [-0.25, -0.2) is 9.59 Å². The van der Waals surface area contributed by atoms with Gasteiger partial charge in [0, 0.05) is 18.8 Å². The molecule has 21 heavy (non-hydrogen) atoms. The largest absolute Gasteiger partial charge is 0.480 e. The lowest BCUT2D eigenvalue weighted by atomic mass is 10.1. The van der Waals surface area contributed by atoms with E-state index in [0.717, 1.165) is 36.9 Å². The maximum Gasteiger partial charge on any atom is 0.326 e. The van der Waals surface area contributed by atoms with E-state index in [-0.39, 0.29) is 6.03 Å². The zero-order chi connectivity index (χ0) is 14.8. The van der Waals surface area contributed by atoms with Crippen molar-refractivity contribution in [3.8, 4) is 0 Å². The lowest BCUT2D eigenvalue weighted by Crippen LogP contribution is -2.50. The van der Waals surface area contributed by atoms with Crippen molar-refractivity contribution in [3.63, 3.8) is 0 Å². The first kappa shape index (κ1) is 13.9. The first-order valence-corrected chi connectivity index (χ1v) is 7.57. The highest BCUT2D eigenvalue weighted by Gasteiger charge is 2.35. The van der Waals surface area contributed by atoms with Crippen LogP contribution in [0.25, 0.3) is 0 Å². The third-order valence-corrected chi connectivity index (χ3v) is 4.40. The number of carboxylic acids is 1. The maximum atomic E-state index is 12.8. The van der Waals surface area contributed by atoms with Gasteiger partial charge in [-0.05, 0) is 30.9 Å². The molecule has 3 rings (SSSR count). The standard InChI is InChI=1S/C16H20N2O3/c19-15(20)14-8-2-1-5-10-17(14)16(21)18-11-9-12-6-3-4-7-13(12)18/h3-4,6-7,14H,1-2,5,8-11H2,(H,19,20). The Bertz CT molecular complexity index is 558. The van der Waals surface area contributed by atoms with Crippen LogP contribution in [-0.4, -0.2) is 41.1 Å². The molecule has 0 aliphatic carbocycles. The third-order valence-electron chi connectivity index (χ3n) is 4.40. The zero-order valence-electron chi connectivity index (χ0n) is 12.0. The van der Waals surface area contributed by atoms with Crippen molar-refractivity contribution in [2.45, 2.75) is 38.1 Å². The number of benzene rings is 1. The molecule has 1 N–H and O–H groups in total. The molecule has 0 bridgehead atoms. The number of hydrogen-bond acceptors (Lipinski definition) is 2. The second-order valence-electron chi connectivity index (χ2n) is 5.71. The van der Waals surface area contributed by atoms with E-state index in [2.05, 4.69) is 0 Å². The molecule has 1 unspecified atom stereocenters. The molecule has 112 valence electrons. The van der Waals surface area contributed by atoms with E-state index in [1.54, 1.807) is 9.80 Å². The number of hydrogen-bond donors (Lipinski definition) is 1. The number of urea groups is 1. The molecular weight excluding hydrogens is 268 g/mol. The highest BCUT2D eigenvalue weighted by molar-refractivity contribution is 5.96. The highest BCUT2D eigenvalue weighted by Crippen LogP contribution is 2.29. The van der Waals surface area contributed by atoms with Crippen LogP contribution < -0.4 is 4.90 Å². The normalized spacial score (nSPS) is 21.8. The van der Waals surface area contributed by atoms with E-state index in [1.807, 2.05) is 24.3 Å². The Hall–Kier alpha value is -2.04. The number of rotatable bonds is 1. The van der Waals surface area contributed by atoms with Gasteiger partial charge in [-0.3, -0.25) is 4.90 Å². The molecule has 2 heterocycles. The minimum atomic E-state index is -0.891. The van der Waals surface area contributed by atoms with Crippen LogP contribution >= 0.6 is 0 Å². The van der Waals surface area contributed by atoms with Crippen LogP contribution in [0.15, 0.2) is 24.3 Å². The second-order valence-corrected chi connectivity index (χ2v) is 5.71. The SMILES string of the molecule is O=C(O)C1CCCCCN1C(=O)N1CCc2ccccc21. The molecule has 1 saturated heterocycles. The molecule has 2 amide bonds. The molecule has 0 spiro atoms. The van der Waals surface area contributed by atoms with Crippen LogP contribution in [0.2, 0.25) is 0 Å². The Kier molecular flexibility index (Phi) is 3.82. The van der Waals surface area contributed by atoms with Gasteiger partial charge in [-0.15, -0.1) is 0 Å². The summed E-state index contributed by atoms with van der Waals surface area (Å²) in [6, 6.07) is 7.01. The van der Waals surface area contributed by atoms with Crippen molar-refractivity contribution in [1.82, 2.24) is 4.90 Å². The number of fused-ring (bicyclic) bond motifs is 1. The summed E-state index contributed by atoms with van der Waals surface area (Å²) in [5.41, 5.74) is 2.09. The molecule has 0 aromatic heterocycles. The molecule has 1 atom stereocenters. The summed E-state index contributed by atoms with van der Waals surface area (Å²) < 4.78 is 0. The summed E-state index contributed by atoms with van der Waals surface area (Å²) in [6.07, 6.45) is 4.14. The maximum absolute atomic E-state index is 12.8. The lowest BCUT2D eigenvalue weighted by Gasteiger charge is -2.31. The first-order valence-electron chi connectivity index (χ1n) is 7.57. The predicted octanol–water partition coefficient (Wildman–Crippen LogP) is 2.50. The number of anilines is 1. The highest BCUT2D eigenvalue weighted by atomic mass is 16.4. The molecule has 0 radical (unpaired) electrons. The van der Waals surface area contributed by atoms with Gasteiger partial charge in [0.2, 0.25) is 0 Å². The van der Waals surface area contributed by atoms with Crippen LogP contribution in [0.1, 0.15) is 31.2 Å². The van der Waals surface area contributed by atoms with Gasteiger partial charge in [0.05, 0.1) is 0 Å². The quantitative estimate of drug-likeness (QED) is 0.863. The molecule has 2 aliphatic heterocycles. The molecule has 5 nitrogen and oxygen atoms in total. The number of carbonyl (C=O) groups excluding carboxylic acids is 1. The number of amides is 2. The summed E-state index contributed by atoms with van der Waals surface area (Å²) in [5.74, 6) is -0.891. The minimum absolute atomic E-state index is 0.158. The summed E-state index contributed by atoms with van der Waals surface area (Å²) in [6.45, 7) is 1.18. The van der Waals surface area contributed by atoms with E-state index in [1.165, 1.54) is 0 Å². The van der Waals surface area contributed by atoms with Gasteiger partial charge >= 0.3 is 12.0 Å². The van der Waals surface area contributed by atoms with Crippen molar-refractivity contribution in [1.29, 1.82) is 0 Å². The Morgan fingerprint density at radius 1 is 1.10 bits per heavy atom. The summed E-state index contributed by atoms with van der Waals surface area (Å²) in [5, 5.41) is 9.41. The lowest BCUT2D eigenvalue weighted by molar-refractivity contribution is -0.142. The Balaban J connectivity index is 1.85. The number of nitrogens with zero attached hydrogens (tertiary/aromatic N) is 2. The Labute approximate surface area is 124 Å². The number of carboxylic acid groups (broad SMARTS) is 1. The summed E-state index contributed by atoms with van der Waals surface area (Å²) in [7, 11) is 0. The summed E-state index contributed by atoms with van der Waals surface area (Å²) >= 11 is 0. The first-order chi connectivity index (χ1) is 10.2. The number of aliphatic carboxylic acids is 1. The monoisotopic (exact) mass is 288 g/mol. The van der Waals surface area contributed by atoms with Crippen molar-refractivity contribution in [2.75, 3.05) is 18.0 Å². The average Bonchev–Trinajstić information content (AvgIpc) is 2.75. The number of para-hydroxylation sites is 1. The number of likely N-dealkylation sites (tertiary alicyclic amines) is 1. The molecular formula is C16H20N2O3. The average molecular weight is 288 g/mol. The second kappa shape index (κ2) is 5.76. The predicted molar refractivity (Wildman–Crippen MR) is 79.5 cm³/mol. The minimum Gasteiger partial charge on any atom is -0.480 e. The molecule has 1 fully saturated rings. The van der Waals surface area contributed by atoms with E-state index < -0.39 is 12.0 Å². The Morgan fingerprint density at radius 3 is 2.71 bits per heavy atom. The van der Waals surface area contributed by atoms with E-state index in [9.17, 15) is 14.7 Å². The third kappa shape index (κ3) is 2.60. The van der Waals surface area contributed by atoms with Gasteiger partial charge in [0.15, 0.2) is 0 Å². The van der Waals surface area contributed by atoms with Crippen molar-refractivity contribution < 1.29 is 14.7 Å². The molecule has 1 aromatic rings. The van der Waals surface area contributed by atoms with E-state index >= 15 is 0 Å². The molecule has 2 aliphatic rings. The van der Waals surface area contributed by atoms with Crippen molar-refractivity contribution in [2.24, 2.45) is 0 Å². The topological polar surface area (TPSA) is 60.9 Å². The van der Waals surface area contributed by atoms with Gasteiger partial charge in [0.25, 0.3) is 0 Å². The fraction of sp³-hybridized carbons (Fsp3) is 0.500. The van der Waals surface area contributed by atoms with E-state index in [4.69, 9.17) is 0 Å². The Morgan fingerprint density at radius 2 is 1.90 bits per heavy atom. The van der Waals surface area contributed by atoms with Gasteiger partial charge in [0.1, 0.15) is 6.04 Å². The van der Waals surface area contributed by atoms with Crippen molar-refractivity contribution >= 4 is 17.7 Å². The molecule has 0 saturated carbocycles. The van der Waals surface area contributed by atoms with Crippen LogP contribution in [0.5, 0.6) is 0 Å². The van der Waals surface area contributed by atoms with Crippen LogP contribution in [0, 0.1) is 0 Å². The van der Waals surface area contributed by atoms with Gasteiger partial charge in [-0.1, -0.05) is 31.0 Å².